The van der Waals surface area contributed by atoms with E-state index in [9.17, 15) is 5.11 Å². The number of rotatable bonds is 8. The molecular formula is C19H33NO4. The zero-order valence-corrected chi connectivity index (χ0v) is 14.8. The van der Waals surface area contributed by atoms with E-state index in [1.54, 1.807) is 0 Å². The zero-order chi connectivity index (χ0) is 16.4. The van der Waals surface area contributed by atoms with E-state index < -0.39 is 6.10 Å². The highest BCUT2D eigenvalue weighted by Gasteiger charge is 2.51. The highest BCUT2D eigenvalue weighted by Crippen LogP contribution is 2.57. The number of hydrogen-bond donors (Lipinski definition) is 1. The molecule has 24 heavy (non-hydrogen) atoms. The van der Waals surface area contributed by atoms with E-state index in [0.717, 1.165) is 44.1 Å². The number of β-amino-alcohol motifs (C(OH)–C–C–N with tert-alkyl or cyclic N) is 1. The Balaban J connectivity index is 1.11. The fourth-order valence-electron chi connectivity index (χ4n) is 5.88. The molecule has 0 spiro atoms. The van der Waals surface area contributed by atoms with Crippen molar-refractivity contribution < 1.29 is 19.3 Å². The van der Waals surface area contributed by atoms with Crippen LogP contribution in [0.4, 0.5) is 0 Å². The van der Waals surface area contributed by atoms with E-state index in [-0.39, 0.29) is 5.60 Å². The Bertz CT molecular complexity index is 375. The highest BCUT2D eigenvalue weighted by molar-refractivity contribution is 5.03. The standard InChI is InChI=1S/C19H33NO4/c21-18(13-20-1-3-22-4-2-20)14-23-5-6-24-19-10-15-7-16(11-19)9-17(8-15)12-19/h15-18,21H,1-14H2/t15?,16?,17?,18-,19?/m0/s1. The van der Waals surface area contributed by atoms with Crippen LogP contribution in [0.15, 0.2) is 0 Å². The van der Waals surface area contributed by atoms with Crippen molar-refractivity contribution in [2.45, 2.75) is 50.2 Å². The van der Waals surface area contributed by atoms with Crippen molar-refractivity contribution in [1.29, 1.82) is 0 Å². The number of aliphatic hydroxyl groups excluding tert-OH is 1. The molecule has 4 bridgehead atoms. The Morgan fingerprint density at radius 3 is 2.25 bits per heavy atom. The van der Waals surface area contributed by atoms with Gasteiger partial charge in [-0.3, -0.25) is 4.90 Å². The third kappa shape index (κ3) is 4.13. The normalized spacial score (nSPS) is 40.1. The van der Waals surface area contributed by atoms with Crippen LogP contribution >= 0.6 is 0 Å². The number of aliphatic hydroxyl groups is 1. The lowest BCUT2D eigenvalue weighted by Gasteiger charge is -2.56. The molecule has 1 aliphatic heterocycles. The fraction of sp³-hybridized carbons (Fsp3) is 1.00. The molecule has 5 nitrogen and oxygen atoms in total. The largest absolute Gasteiger partial charge is 0.389 e. The van der Waals surface area contributed by atoms with Crippen LogP contribution in [0.25, 0.3) is 0 Å². The highest BCUT2D eigenvalue weighted by atomic mass is 16.5. The average Bonchev–Trinajstić information content (AvgIpc) is 2.54. The topological polar surface area (TPSA) is 51.2 Å². The molecular weight excluding hydrogens is 306 g/mol. The molecule has 5 fully saturated rings. The van der Waals surface area contributed by atoms with Gasteiger partial charge in [0, 0.05) is 19.6 Å². The van der Waals surface area contributed by atoms with Crippen molar-refractivity contribution in [3.8, 4) is 0 Å². The van der Waals surface area contributed by atoms with Crippen molar-refractivity contribution in [3.63, 3.8) is 0 Å². The third-order valence-electron chi connectivity index (χ3n) is 6.50. The fourth-order valence-corrected chi connectivity index (χ4v) is 5.88. The molecule has 1 atom stereocenters. The second-order valence-corrected chi connectivity index (χ2v) is 8.59. The molecule has 1 N–H and O–H groups in total. The molecule has 0 unspecified atom stereocenters. The second-order valence-electron chi connectivity index (χ2n) is 8.59. The van der Waals surface area contributed by atoms with E-state index in [1.165, 1.54) is 38.5 Å². The molecule has 0 aromatic rings. The van der Waals surface area contributed by atoms with Gasteiger partial charge in [0.15, 0.2) is 0 Å². The second kappa shape index (κ2) is 7.58. The molecule has 4 saturated carbocycles. The number of morpholine rings is 1. The summed E-state index contributed by atoms with van der Waals surface area (Å²) in [4.78, 5) is 2.24. The summed E-state index contributed by atoms with van der Waals surface area (Å²) < 4.78 is 17.3. The van der Waals surface area contributed by atoms with Gasteiger partial charge in [0.25, 0.3) is 0 Å². The molecule has 0 radical (unpaired) electrons. The van der Waals surface area contributed by atoms with Crippen LogP contribution in [0.1, 0.15) is 38.5 Å². The number of ether oxygens (including phenoxy) is 3. The summed E-state index contributed by atoms with van der Waals surface area (Å²) in [6.07, 6.45) is 7.77. The molecule has 0 aromatic heterocycles. The summed E-state index contributed by atoms with van der Waals surface area (Å²) in [5.41, 5.74) is 0.171. The first-order valence-corrected chi connectivity index (χ1v) is 9.91. The minimum absolute atomic E-state index is 0.171. The minimum Gasteiger partial charge on any atom is -0.389 e. The van der Waals surface area contributed by atoms with Crippen LogP contribution in [0, 0.1) is 17.8 Å². The monoisotopic (exact) mass is 339 g/mol. The van der Waals surface area contributed by atoms with Crippen LogP contribution in [0.2, 0.25) is 0 Å². The zero-order valence-electron chi connectivity index (χ0n) is 14.8. The van der Waals surface area contributed by atoms with Gasteiger partial charge in [-0.2, -0.15) is 0 Å². The maximum atomic E-state index is 10.1. The van der Waals surface area contributed by atoms with Gasteiger partial charge in [-0.15, -0.1) is 0 Å². The van der Waals surface area contributed by atoms with Gasteiger partial charge < -0.3 is 19.3 Å². The summed E-state index contributed by atoms with van der Waals surface area (Å²) in [5, 5.41) is 10.1. The first kappa shape index (κ1) is 17.2. The molecule has 5 aliphatic rings. The summed E-state index contributed by atoms with van der Waals surface area (Å²) in [7, 11) is 0. The Morgan fingerprint density at radius 1 is 1.00 bits per heavy atom. The van der Waals surface area contributed by atoms with Crippen molar-refractivity contribution in [2.75, 3.05) is 52.7 Å². The van der Waals surface area contributed by atoms with Gasteiger partial charge in [-0.05, 0) is 56.3 Å². The van der Waals surface area contributed by atoms with Crippen LogP contribution in [-0.4, -0.2) is 74.4 Å². The van der Waals surface area contributed by atoms with E-state index >= 15 is 0 Å². The third-order valence-corrected chi connectivity index (χ3v) is 6.50. The van der Waals surface area contributed by atoms with Crippen molar-refractivity contribution >= 4 is 0 Å². The van der Waals surface area contributed by atoms with Gasteiger partial charge in [-0.25, -0.2) is 0 Å². The Morgan fingerprint density at radius 2 is 1.62 bits per heavy atom. The molecule has 1 heterocycles. The number of nitrogens with zero attached hydrogens (tertiary/aromatic N) is 1. The van der Waals surface area contributed by atoms with Crippen LogP contribution < -0.4 is 0 Å². The van der Waals surface area contributed by atoms with Crippen molar-refractivity contribution in [2.24, 2.45) is 17.8 Å². The van der Waals surface area contributed by atoms with Crippen LogP contribution in [0.3, 0.4) is 0 Å². The van der Waals surface area contributed by atoms with Gasteiger partial charge >= 0.3 is 0 Å². The van der Waals surface area contributed by atoms with Gasteiger partial charge in [-0.1, -0.05) is 0 Å². The van der Waals surface area contributed by atoms with E-state index in [1.807, 2.05) is 0 Å². The predicted octanol–water partition coefficient (Wildman–Crippen LogP) is 1.68. The molecule has 0 amide bonds. The molecule has 138 valence electrons. The molecule has 1 saturated heterocycles. The first-order chi connectivity index (χ1) is 11.7. The lowest BCUT2D eigenvalue weighted by Crippen LogP contribution is -2.52. The average molecular weight is 339 g/mol. The van der Waals surface area contributed by atoms with Crippen LogP contribution in [-0.2, 0) is 14.2 Å². The van der Waals surface area contributed by atoms with E-state index in [2.05, 4.69) is 4.90 Å². The van der Waals surface area contributed by atoms with Crippen LogP contribution in [0.5, 0.6) is 0 Å². The van der Waals surface area contributed by atoms with Crippen molar-refractivity contribution in [3.05, 3.63) is 0 Å². The number of hydrogen-bond acceptors (Lipinski definition) is 5. The summed E-state index contributed by atoms with van der Waals surface area (Å²) in [6.45, 7) is 5.72. The molecule has 0 aromatic carbocycles. The Kier molecular flexibility index (Phi) is 5.44. The predicted molar refractivity (Wildman–Crippen MR) is 90.9 cm³/mol. The van der Waals surface area contributed by atoms with E-state index in [0.29, 0.717) is 26.4 Å². The molecule has 4 aliphatic carbocycles. The minimum atomic E-state index is -0.414. The van der Waals surface area contributed by atoms with Gasteiger partial charge in [0.2, 0.25) is 0 Å². The SMILES string of the molecule is O[C@H](COCCOC12CC3CC(CC(C3)C1)C2)CN1CCOCC1. The van der Waals surface area contributed by atoms with E-state index in [4.69, 9.17) is 14.2 Å². The lowest BCUT2D eigenvalue weighted by atomic mass is 9.54. The quantitative estimate of drug-likeness (QED) is 0.682. The van der Waals surface area contributed by atoms with Gasteiger partial charge in [0.05, 0.1) is 44.7 Å². The smallest absolute Gasteiger partial charge is 0.0900 e. The Labute approximate surface area is 145 Å². The summed E-state index contributed by atoms with van der Waals surface area (Å²) in [6, 6.07) is 0. The molecule has 5 rings (SSSR count). The summed E-state index contributed by atoms with van der Waals surface area (Å²) >= 11 is 0. The molecule has 5 heteroatoms. The van der Waals surface area contributed by atoms with Gasteiger partial charge in [0.1, 0.15) is 0 Å². The van der Waals surface area contributed by atoms with Crippen molar-refractivity contribution in [1.82, 2.24) is 4.90 Å². The maximum absolute atomic E-state index is 10.1. The Hall–Kier alpha value is -0.200. The first-order valence-electron chi connectivity index (χ1n) is 9.91. The summed E-state index contributed by atoms with van der Waals surface area (Å²) in [5.74, 6) is 2.77. The maximum Gasteiger partial charge on any atom is 0.0900 e. The lowest BCUT2D eigenvalue weighted by molar-refractivity contribution is -0.170.